The summed E-state index contributed by atoms with van der Waals surface area (Å²) in [6.07, 6.45) is 0. The minimum absolute atomic E-state index is 0.249. The summed E-state index contributed by atoms with van der Waals surface area (Å²) in [6, 6.07) is 10.0. The average Bonchev–Trinajstić information content (AvgIpc) is 2.90. The van der Waals surface area contributed by atoms with Gasteiger partial charge in [0, 0.05) is 10.2 Å². The Hall–Kier alpha value is -3.00. The van der Waals surface area contributed by atoms with Gasteiger partial charge in [-0.2, -0.15) is 0 Å². The number of carbonyl (C=O) groups is 4. The van der Waals surface area contributed by atoms with Crippen molar-refractivity contribution in [1.29, 1.82) is 0 Å². The third kappa shape index (κ3) is 3.96. The van der Waals surface area contributed by atoms with Crippen molar-refractivity contribution in [3.8, 4) is 0 Å². The summed E-state index contributed by atoms with van der Waals surface area (Å²) >= 11 is 3.42. The monoisotopic (exact) mass is 444 g/mol. The van der Waals surface area contributed by atoms with Gasteiger partial charge in [-0.15, -0.1) is 0 Å². The van der Waals surface area contributed by atoms with Crippen LogP contribution < -0.4 is 5.32 Å². The van der Waals surface area contributed by atoms with E-state index in [0.29, 0.717) is 5.69 Å². The van der Waals surface area contributed by atoms with Crippen LogP contribution in [0, 0.1) is 13.8 Å². The SMILES string of the molecule is Cc1cc(NC(=O)COC(=O)CN2C(=O)c3ccccc3C2=O)c(C)cc1Br. The molecule has 0 aromatic heterocycles. The van der Waals surface area contributed by atoms with E-state index >= 15 is 0 Å². The fourth-order valence-corrected chi connectivity index (χ4v) is 3.26. The van der Waals surface area contributed by atoms with E-state index in [9.17, 15) is 19.2 Å². The molecule has 1 aliphatic heterocycles. The lowest BCUT2D eigenvalue weighted by molar-refractivity contribution is -0.147. The maximum absolute atomic E-state index is 12.2. The Morgan fingerprint density at radius 1 is 1.04 bits per heavy atom. The van der Waals surface area contributed by atoms with E-state index in [1.54, 1.807) is 18.2 Å². The second kappa shape index (κ2) is 7.93. The van der Waals surface area contributed by atoms with Crippen LogP contribution in [0.25, 0.3) is 0 Å². The normalized spacial score (nSPS) is 12.8. The van der Waals surface area contributed by atoms with Crippen LogP contribution in [-0.2, 0) is 14.3 Å². The maximum atomic E-state index is 12.2. The van der Waals surface area contributed by atoms with Crippen LogP contribution in [-0.4, -0.2) is 41.7 Å². The molecule has 0 radical (unpaired) electrons. The number of nitrogens with zero attached hydrogens (tertiary/aromatic N) is 1. The Balaban J connectivity index is 1.55. The van der Waals surface area contributed by atoms with Gasteiger partial charge in [0.2, 0.25) is 0 Å². The van der Waals surface area contributed by atoms with Crippen LogP contribution >= 0.6 is 15.9 Å². The van der Waals surface area contributed by atoms with Gasteiger partial charge < -0.3 is 10.1 Å². The molecular weight excluding hydrogens is 428 g/mol. The zero-order valence-electron chi connectivity index (χ0n) is 15.2. The highest BCUT2D eigenvalue weighted by atomic mass is 79.9. The van der Waals surface area contributed by atoms with Crippen LogP contribution in [0.5, 0.6) is 0 Å². The standard InChI is InChI=1S/C20H17BrN2O5/c1-11-8-16(12(2)7-15(11)21)22-17(24)10-28-18(25)9-23-19(26)13-5-3-4-6-14(13)20(23)27/h3-8H,9-10H2,1-2H3,(H,22,24). The molecule has 3 rings (SSSR count). The fourth-order valence-electron chi connectivity index (χ4n) is 2.81. The predicted molar refractivity (Wildman–Crippen MR) is 105 cm³/mol. The number of aryl methyl sites for hydroxylation is 2. The van der Waals surface area contributed by atoms with Crippen molar-refractivity contribution >= 4 is 45.3 Å². The lowest BCUT2D eigenvalue weighted by atomic mass is 10.1. The zero-order chi connectivity index (χ0) is 20.4. The number of hydrogen-bond acceptors (Lipinski definition) is 5. The predicted octanol–water partition coefficient (Wildman–Crippen LogP) is 2.84. The highest BCUT2D eigenvalue weighted by molar-refractivity contribution is 9.10. The second-order valence-corrected chi connectivity index (χ2v) is 7.22. The number of imide groups is 1. The molecule has 8 heteroatoms. The molecule has 0 aliphatic carbocycles. The summed E-state index contributed by atoms with van der Waals surface area (Å²) in [7, 11) is 0. The number of fused-ring (bicyclic) bond motifs is 1. The summed E-state index contributed by atoms with van der Waals surface area (Å²) in [5.41, 5.74) is 2.91. The first kappa shape index (κ1) is 19.8. The molecule has 2 aromatic rings. The number of nitrogens with one attached hydrogen (secondary N) is 1. The molecule has 2 aromatic carbocycles. The molecule has 0 spiro atoms. The lowest BCUT2D eigenvalue weighted by Gasteiger charge is -2.14. The van der Waals surface area contributed by atoms with Gasteiger partial charge in [0.05, 0.1) is 11.1 Å². The fraction of sp³-hybridized carbons (Fsp3) is 0.200. The summed E-state index contributed by atoms with van der Waals surface area (Å²) in [6.45, 7) is 2.67. The minimum Gasteiger partial charge on any atom is -0.454 e. The number of halogens is 1. The number of amides is 3. The van der Waals surface area contributed by atoms with Crippen molar-refractivity contribution in [2.24, 2.45) is 0 Å². The van der Waals surface area contributed by atoms with E-state index in [2.05, 4.69) is 21.2 Å². The number of hydrogen-bond donors (Lipinski definition) is 1. The van der Waals surface area contributed by atoms with Gasteiger partial charge >= 0.3 is 5.97 Å². The molecule has 0 atom stereocenters. The first-order chi connectivity index (χ1) is 13.3. The average molecular weight is 445 g/mol. The number of ether oxygens (including phenoxy) is 1. The molecule has 3 amide bonds. The number of rotatable bonds is 5. The van der Waals surface area contributed by atoms with Gasteiger partial charge in [-0.25, -0.2) is 0 Å². The second-order valence-electron chi connectivity index (χ2n) is 6.37. The molecule has 7 nitrogen and oxygen atoms in total. The number of anilines is 1. The van der Waals surface area contributed by atoms with Crippen LogP contribution in [0.4, 0.5) is 5.69 Å². The molecule has 0 bridgehead atoms. The van der Waals surface area contributed by atoms with Gasteiger partial charge in [0.1, 0.15) is 6.54 Å². The van der Waals surface area contributed by atoms with E-state index in [1.807, 2.05) is 19.9 Å². The molecule has 1 heterocycles. The topological polar surface area (TPSA) is 92.8 Å². The Kier molecular flexibility index (Phi) is 5.60. The van der Waals surface area contributed by atoms with Crippen molar-refractivity contribution in [2.75, 3.05) is 18.5 Å². The summed E-state index contributed by atoms with van der Waals surface area (Å²) in [5, 5.41) is 2.67. The van der Waals surface area contributed by atoms with Crippen LogP contribution in [0.3, 0.4) is 0 Å². The number of carbonyl (C=O) groups excluding carboxylic acids is 4. The van der Waals surface area contributed by atoms with E-state index in [4.69, 9.17) is 4.74 Å². The third-order valence-electron chi connectivity index (χ3n) is 4.31. The van der Waals surface area contributed by atoms with Gasteiger partial charge in [-0.05, 0) is 49.2 Å². The Labute approximate surface area is 169 Å². The van der Waals surface area contributed by atoms with Crippen molar-refractivity contribution < 1.29 is 23.9 Å². The van der Waals surface area contributed by atoms with Gasteiger partial charge in [-0.1, -0.05) is 28.1 Å². The molecule has 144 valence electrons. The van der Waals surface area contributed by atoms with Gasteiger partial charge in [0.15, 0.2) is 6.61 Å². The van der Waals surface area contributed by atoms with Gasteiger partial charge in [0.25, 0.3) is 17.7 Å². The van der Waals surface area contributed by atoms with Gasteiger partial charge in [-0.3, -0.25) is 24.1 Å². The summed E-state index contributed by atoms with van der Waals surface area (Å²) < 4.78 is 5.85. The van der Waals surface area contributed by atoms with E-state index in [-0.39, 0.29) is 11.1 Å². The third-order valence-corrected chi connectivity index (χ3v) is 5.16. The Morgan fingerprint density at radius 2 is 1.64 bits per heavy atom. The molecule has 0 saturated carbocycles. The first-order valence-electron chi connectivity index (χ1n) is 8.45. The largest absolute Gasteiger partial charge is 0.454 e. The zero-order valence-corrected chi connectivity index (χ0v) is 16.8. The van der Waals surface area contributed by atoms with Crippen molar-refractivity contribution in [3.63, 3.8) is 0 Å². The number of benzene rings is 2. The highest BCUT2D eigenvalue weighted by Gasteiger charge is 2.36. The van der Waals surface area contributed by atoms with Crippen LogP contribution in [0.1, 0.15) is 31.8 Å². The molecule has 0 saturated heterocycles. The smallest absolute Gasteiger partial charge is 0.326 e. The number of esters is 1. The molecule has 1 aliphatic rings. The van der Waals surface area contributed by atoms with E-state index in [1.165, 1.54) is 12.1 Å². The summed E-state index contributed by atoms with van der Waals surface area (Å²) in [4.78, 5) is 49.4. The van der Waals surface area contributed by atoms with Crippen molar-refractivity contribution in [2.45, 2.75) is 13.8 Å². The van der Waals surface area contributed by atoms with E-state index < -0.39 is 36.8 Å². The first-order valence-corrected chi connectivity index (χ1v) is 9.24. The maximum Gasteiger partial charge on any atom is 0.326 e. The molecule has 1 N–H and O–H groups in total. The minimum atomic E-state index is -0.839. The Bertz CT molecular complexity index is 967. The van der Waals surface area contributed by atoms with Crippen molar-refractivity contribution in [1.82, 2.24) is 4.90 Å². The van der Waals surface area contributed by atoms with E-state index in [0.717, 1.165) is 20.5 Å². The quantitative estimate of drug-likeness (QED) is 0.565. The molecule has 0 unspecified atom stereocenters. The Morgan fingerprint density at radius 3 is 2.25 bits per heavy atom. The highest BCUT2D eigenvalue weighted by Crippen LogP contribution is 2.24. The van der Waals surface area contributed by atoms with Crippen LogP contribution in [0.2, 0.25) is 0 Å². The lowest BCUT2D eigenvalue weighted by Crippen LogP contribution is -2.36. The molecule has 28 heavy (non-hydrogen) atoms. The van der Waals surface area contributed by atoms with Crippen LogP contribution in [0.15, 0.2) is 40.9 Å². The molecular formula is C20H17BrN2O5. The van der Waals surface area contributed by atoms with Crippen molar-refractivity contribution in [3.05, 3.63) is 63.1 Å². The summed E-state index contributed by atoms with van der Waals surface area (Å²) in [5.74, 6) is -2.46. The molecule has 0 fully saturated rings.